The quantitative estimate of drug-likeness (QED) is 0.826. The summed E-state index contributed by atoms with van der Waals surface area (Å²) in [6.07, 6.45) is 6.94. The molecule has 0 radical (unpaired) electrons. The van der Waals surface area contributed by atoms with Crippen LogP contribution in [-0.2, 0) is 0 Å². The fourth-order valence-corrected chi connectivity index (χ4v) is 3.92. The lowest BCUT2D eigenvalue weighted by atomic mass is 9.97. The highest BCUT2D eigenvalue weighted by molar-refractivity contribution is 4.92. The van der Waals surface area contributed by atoms with Crippen LogP contribution in [0.5, 0.6) is 0 Å². The van der Waals surface area contributed by atoms with Gasteiger partial charge in [0.2, 0.25) is 0 Å². The van der Waals surface area contributed by atoms with Gasteiger partial charge in [0.15, 0.2) is 0 Å². The van der Waals surface area contributed by atoms with E-state index in [2.05, 4.69) is 37.9 Å². The molecule has 2 nitrogen and oxygen atoms in total. The number of rotatable bonds is 4. The van der Waals surface area contributed by atoms with Crippen molar-refractivity contribution in [1.82, 2.24) is 10.2 Å². The topological polar surface area (TPSA) is 15.3 Å². The van der Waals surface area contributed by atoms with E-state index < -0.39 is 0 Å². The van der Waals surface area contributed by atoms with Gasteiger partial charge in [-0.3, -0.25) is 4.90 Å². The molecule has 1 N–H and O–H groups in total. The molecular formula is C16H32N2. The molecule has 0 amide bonds. The van der Waals surface area contributed by atoms with Gasteiger partial charge in [-0.25, -0.2) is 0 Å². The SMILES string of the molecule is CCC1CNC(CC(C)C)CN1C1CCC(C)C1. The molecule has 4 unspecified atom stereocenters. The Kier molecular flexibility index (Phi) is 5.08. The van der Waals surface area contributed by atoms with Gasteiger partial charge in [0.1, 0.15) is 0 Å². The van der Waals surface area contributed by atoms with Crippen molar-refractivity contribution in [3.05, 3.63) is 0 Å². The summed E-state index contributed by atoms with van der Waals surface area (Å²) in [5.41, 5.74) is 0. The molecule has 1 saturated heterocycles. The first-order valence-corrected chi connectivity index (χ1v) is 8.09. The fraction of sp³-hybridized carbons (Fsp3) is 1.00. The summed E-state index contributed by atoms with van der Waals surface area (Å²) < 4.78 is 0. The van der Waals surface area contributed by atoms with Gasteiger partial charge >= 0.3 is 0 Å². The van der Waals surface area contributed by atoms with E-state index in [1.807, 2.05) is 0 Å². The molecule has 2 fully saturated rings. The average molecular weight is 252 g/mol. The van der Waals surface area contributed by atoms with Crippen LogP contribution in [0.3, 0.4) is 0 Å². The van der Waals surface area contributed by atoms with E-state index in [9.17, 15) is 0 Å². The monoisotopic (exact) mass is 252 g/mol. The van der Waals surface area contributed by atoms with E-state index in [0.717, 1.165) is 30.0 Å². The van der Waals surface area contributed by atoms with E-state index >= 15 is 0 Å². The molecule has 106 valence electrons. The van der Waals surface area contributed by atoms with Crippen LogP contribution in [0.2, 0.25) is 0 Å². The Morgan fingerprint density at radius 2 is 2.06 bits per heavy atom. The Morgan fingerprint density at radius 3 is 2.61 bits per heavy atom. The minimum atomic E-state index is 0.726. The zero-order valence-corrected chi connectivity index (χ0v) is 12.8. The van der Waals surface area contributed by atoms with Crippen LogP contribution in [0.4, 0.5) is 0 Å². The molecule has 2 rings (SSSR count). The smallest absolute Gasteiger partial charge is 0.0221 e. The zero-order valence-electron chi connectivity index (χ0n) is 12.8. The first kappa shape index (κ1) is 14.3. The first-order valence-electron chi connectivity index (χ1n) is 8.09. The van der Waals surface area contributed by atoms with Gasteiger partial charge in [-0.2, -0.15) is 0 Å². The number of hydrogen-bond donors (Lipinski definition) is 1. The molecule has 18 heavy (non-hydrogen) atoms. The Labute approximate surface area is 114 Å². The summed E-state index contributed by atoms with van der Waals surface area (Å²) in [7, 11) is 0. The minimum Gasteiger partial charge on any atom is -0.311 e. The van der Waals surface area contributed by atoms with Gasteiger partial charge in [-0.1, -0.05) is 27.7 Å². The predicted molar refractivity (Wildman–Crippen MR) is 78.8 cm³/mol. The van der Waals surface area contributed by atoms with Crippen molar-refractivity contribution >= 4 is 0 Å². The third-order valence-electron chi connectivity index (χ3n) is 4.91. The summed E-state index contributed by atoms with van der Waals surface area (Å²) in [5.74, 6) is 1.76. The van der Waals surface area contributed by atoms with Crippen molar-refractivity contribution in [3.63, 3.8) is 0 Å². The lowest BCUT2D eigenvalue weighted by molar-refractivity contribution is 0.0740. The molecule has 2 heteroatoms. The Balaban J connectivity index is 1.94. The maximum absolute atomic E-state index is 3.77. The van der Waals surface area contributed by atoms with Crippen LogP contribution in [0, 0.1) is 11.8 Å². The standard InChI is InChI=1S/C16H32N2/c1-5-15-10-17-14(8-12(2)3)11-18(15)16-7-6-13(4)9-16/h12-17H,5-11H2,1-4H3. The van der Waals surface area contributed by atoms with Crippen molar-refractivity contribution < 1.29 is 0 Å². The molecule has 1 saturated carbocycles. The lowest BCUT2D eigenvalue weighted by Gasteiger charge is -2.44. The van der Waals surface area contributed by atoms with Crippen molar-refractivity contribution in [2.75, 3.05) is 13.1 Å². The molecule has 4 atom stereocenters. The number of piperazine rings is 1. The second kappa shape index (κ2) is 6.38. The third kappa shape index (κ3) is 3.48. The first-order chi connectivity index (χ1) is 8.60. The molecule has 0 aromatic rings. The maximum atomic E-state index is 3.77. The minimum absolute atomic E-state index is 0.726. The summed E-state index contributed by atoms with van der Waals surface area (Å²) in [4.78, 5) is 2.85. The lowest BCUT2D eigenvalue weighted by Crippen LogP contribution is -2.59. The third-order valence-corrected chi connectivity index (χ3v) is 4.91. The van der Waals surface area contributed by atoms with Crippen LogP contribution in [-0.4, -0.2) is 36.1 Å². The zero-order chi connectivity index (χ0) is 13.1. The average Bonchev–Trinajstić information content (AvgIpc) is 2.75. The van der Waals surface area contributed by atoms with Gasteiger partial charge < -0.3 is 5.32 Å². The molecule has 2 aliphatic rings. The van der Waals surface area contributed by atoms with Crippen LogP contribution in [0.15, 0.2) is 0 Å². The summed E-state index contributed by atoms with van der Waals surface area (Å²) in [5, 5.41) is 3.77. The Bertz CT molecular complexity index is 251. The molecule has 1 aliphatic carbocycles. The second-order valence-corrected chi connectivity index (χ2v) is 7.07. The van der Waals surface area contributed by atoms with Gasteiger partial charge in [0, 0.05) is 31.2 Å². The highest BCUT2D eigenvalue weighted by atomic mass is 15.3. The number of hydrogen-bond acceptors (Lipinski definition) is 2. The van der Waals surface area contributed by atoms with Crippen LogP contribution >= 0.6 is 0 Å². The highest BCUT2D eigenvalue weighted by Gasteiger charge is 2.34. The summed E-state index contributed by atoms with van der Waals surface area (Å²) in [6, 6.07) is 2.38. The largest absolute Gasteiger partial charge is 0.311 e. The van der Waals surface area contributed by atoms with Gasteiger partial charge in [0.25, 0.3) is 0 Å². The normalized spacial score (nSPS) is 38.5. The molecule has 0 bridgehead atoms. The number of nitrogens with zero attached hydrogens (tertiary/aromatic N) is 1. The summed E-state index contributed by atoms with van der Waals surface area (Å²) in [6.45, 7) is 12.0. The summed E-state index contributed by atoms with van der Waals surface area (Å²) >= 11 is 0. The van der Waals surface area contributed by atoms with Crippen molar-refractivity contribution in [3.8, 4) is 0 Å². The molecule has 0 spiro atoms. The van der Waals surface area contributed by atoms with Crippen LogP contribution in [0.1, 0.15) is 59.8 Å². The molecule has 1 aliphatic heterocycles. The molecular weight excluding hydrogens is 220 g/mol. The van der Waals surface area contributed by atoms with E-state index in [1.54, 1.807) is 0 Å². The van der Waals surface area contributed by atoms with Gasteiger partial charge in [-0.05, 0) is 43.9 Å². The molecule has 1 heterocycles. The van der Waals surface area contributed by atoms with Gasteiger partial charge in [-0.15, -0.1) is 0 Å². The predicted octanol–water partition coefficient (Wildman–Crippen LogP) is 3.27. The molecule has 0 aromatic carbocycles. The van der Waals surface area contributed by atoms with E-state index in [4.69, 9.17) is 0 Å². The number of nitrogens with one attached hydrogen (secondary N) is 1. The van der Waals surface area contributed by atoms with Crippen molar-refractivity contribution in [2.24, 2.45) is 11.8 Å². The van der Waals surface area contributed by atoms with Crippen molar-refractivity contribution in [1.29, 1.82) is 0 Å². The Hall–Kier alpha value is -0.0800. The van der Waals surface area contributed by atoms with E-state index in [-0.39, 0.29) is 0 Å². The van der Waals surface area contributed by atoms with Crippen LogP contribution in [0.25, 0.3) is 0 Å². The fourth-order valence-electron chi connectivity index (χ4n) is 3.92. The molecule has 0 aromatic heterocycles. The van der Waals surface area contributed by atoms with Gasteiger partial charge in [0.05, 0.1) is 0 Å². The maximum Gasteiger partial charge on any atom is 0.0221 e. The van der Waals surface area contributed by atoms with E-state index in [1.165, 1.54) is 45.2 Å². The highest BCUT2D eigenvalue weighted by Crippen LogP contribution is 2.31. The van der Waals surface area contributed by atoms with E-state index in [0.29, 0.717) is 0 Å². The Morgan fingerprint density at radius 1 is 1.28 bits per heavy atom. The van der Waals surface area contributed by atoms with Crippen molar-refractivity contribution in [2.45, 2.75) is 77.9 Å². The van der Waals surface area contributed by atoms with Crippen LogP contribution < -0.4 is 5.32 Å². The second-order valence-electron chi connectivity index (χ2n) is 7.07.